The van der Waals surface area contributed by atoms with Crippen LogP contribution in [0.2, 0.25) is 0 Å². The van der Waals surface area contributed by atoms with Gasteiger partial charge in [-0.2, -0.15) is 24.9 Å². The summed E-state index contributed by atoms with van der Waals surface area (Å²) in [4.78, 5) is 0. The quantitative estimate of drug-likeness (QED) is 0.791. The zero-order chi connectivity index (χ0) is 14.8. The van der Waals surface area contributed by atoms with E-state index in [1.54, 1.807) is 11.8 Å². The van der Waals surface area contributed by atoms with Gasteiger partial charge >= 0.3 is 6.18 Å². The molecule has 0 unspecified atom stereocenters. The molecule has 0 bridgehead atoms. The first-order valence-electron chi connectivity index (χ1n) is 6.52. The number of halogens is 4. The van der Waals surface area contributed by atoms with Gasteiger partial charge < -0.3 is 5.32 Å². The minimum Gasteiger partial charge on any atom is -0.381 e. The number of thioether (sulfide) groups is 1. The molecule has 1 aromatic rings. The van der Waals surface area contributed by atoms with E-state index >= 15 is 0 Å². The van der Waals surface area contributed by atoms with Crippen LogP contribution in [0.3, 0.4) is 0 Å². The second-order valence-corrected chi connectivity index (χ2v) is 6.41. The number of hydrogen-bond donors (Lipinski definition) is 1. The summed E-state index contributed by atoms with van der Waals surface area (Å²) in [5.74, 6) is -0.853. The van der Waals surface area contributed by atoms with E-state index in [1.165, 1.54) is 6.07 Å². The number of nitrogens with one attached hydrogen (secondary N) is 1. The first-order valence-corrected chi connectivity index (χ1v) is 7.75. The number of hydrogen-bond acceptors (Lipinski definition) is 2. The van der Waals surface area contributed by atoms with Crippen molar-refractivity contribution < 1.29 is 17.6 Å². The second kappa shape index (κ2) is 5.84. The summed E-state index contributed by atoms with van der Waals surface area (Å²) in [6.45, 7) is 0.580. The van der Waals surface area contributed by atoms with Crippen LogP contribution in [0.4, 0.5) is 23.2 Å². The molecule has 0 amide bonds. The second-order valence-electron chi connectivity index (χ2n) is 5.14. The molecule has 1 aliphatic carbocycles. The fraction of sp³-hybridized carbons (Fsp3) is 0.571. The summed E-state index contributed by atoms with van der Waals surface area (Å²) >= 11 is 1.75. The molecule has 0 radical (unpaired) electrons. The van der Waals surface area contributed by atoms with E-state index < -0.39 is 17.6 Å². The van der Waals surface area contributed by atoms with Crippen LogP contribution in [0.15, 0.2) is 18.2 Å². The number of anilines is 1. The SMILES string of the molecule is CSC1(CNc2ccc(C(F)(F)F)cc2F)CCCC1. The van der Waals surface area contributed by atoms with E-state index in [9.17, 15) is 17.6 Å². The minimum atomic E-state index is -4.51. The Labute approximate surface area is 120 Å². The Hall–Kier alpha value is -0.910. The zero-order valence-corrected chi connectivity index (χ0v) is 12.0. The van der Waals surface area contributed by atoms with Crippen molar-refractivity contribution in [1.29, 1.82) is 0 Å². The number of rotatable bonds is 4. The molecule has 0 heterocycles. The van der Waals surface area contributed by atoms with Crippen LogP contribution in [0.1, 0.15) is 31.2 Å². The van der Waals surface area contributed by atoms with Crippen LogP contribution in [-0.2, 0) is 6.18 Å². The molecule has 0 spiro atoms. The highest BCUT2D eigenvalue weighted by Crippen LogP contribution is 2.40. The lowest BCUT2D eigenvalue weighted by Gasteiger charge is -2.27. The van der Waals surface area contributed by atoms with Gasteiger partial charge in [-0.25, -0.2) is 4.39 Å². The number of benzene rings is 1. The highest BCUT2D eigenvalue weighted by molar-refractivity contribution is 8.00. The van der Waals surface area contributed by atoms with E-state index in [2.05, 4.69) is 5.32 Å². The van der Waals surface area contributed by atoms with Gasteiger partial charge in [0.2, 0.25) is 0 Å². The van der Waals surface area contributed by atoms with Gasteiger partial charge in [-0.3, -0.25) is 0 Å². The van der Waals surface area contributed by atoms with Crippen molar-refractivity contribution in [3.63, 3.8) is 0 Å². The normalized spacial score (nSPS) is 18.2. The predicted octanol–water partition coefficient (Wildman–Crippen LogP) is 4.93. The Kier molecular flexibility index (Phi) is 4.52. The lowest BCUT2D eigenvalue weighted by Crippen LogP contribution is -2.30. The van der Waals surface area contributed by atoms with Crippen LogP contribution in [0.5, 0.6) is 0 Å². The van der Waals surface area contributed by atoms with Crippen molar-refractivity contribution in [1.82, 2.24) is 0 Å². The van der Waals surface area contributed by atoms with Crippen molar-refractivity contribution in [2.45, 2.75) is 36.6 Å². The Morgan fingerprint density at radius 1 is 1.25 bits per heavy atom. The molecule has 0 saturated heterocycles. The highest BCUT2D eigenvalue weighted by atomic mass is 32.2. The van der Waals surface area contributed by atoms with E-state index in [1.807, 2.05) is 6.26 Å². The Balaban J connectivity index is 2.07. The third kappa shape index (κ3) is 3.40. The average Bonchev–Trinajstić information content (AvgIpc) is 2.85. The van der Waals surface area contributed by atoms with Crippen LogP contribution < -0.4 is 5.32 Å². The van der Waals surface area contributed by atoms with Gasteiger partial charge in [-0.05, 0) is 37.3 Å². The highest BCUT2D eigenvalue weighted by Gasteiger charge is 2.34. The van der Waals surface area contributed by atoms with Gasteiger partial charge in [0, 0.05) is 11.3 Å². The van der Waals surface area contributed by atoms with Crippen molar-refractivity contribution in [3.8, 4) is 0 Å². The molecule has 1 aliphatic rings. The summed E-state index contributed by atoms with van der Waals surface area (Å²) in [5.41, 5.74) is -0.820. The maximum absolute atomic E-state index is 13.7. The van der Waals surface area contributed by atoms with Gasteiger partial charge in [0.05, 0.1) is 11.3 Å². The monoisotopic (exact) mass is 307 g/mol. The minimum absolute atomic E-state index is 0.0785. The lowest BCUT2D eigenvalue weighted by atomic mass is 10.1. The topological polar surface area (TPSA) is 12.0 Å². The van der Waals surface area contributed by atoms with Crippen LogP contribution in [0, 0.1) is 5.82 Å². The molecule has 0 atom stereocenters. The van der Waals surface area contributed by atoms with Crippen LogP contribution >= 0.6 is 11.8 Å². The lowest BCUT2D eigenvalue weighted by molar-refractivity contribution is -0.137. The molecule has 0 aliphatic heterocycles. The summed E-state index contributed by atoms with van der Waals surface area (Å²) in [7, 11) is 0. The maximum atomic E-state index is 13.7. The molecule has 1 N–H and O–H groups in total. The van der Waals surface area contributed by atoms with E-state index in [0.717, 1.165) is 31.7 Å². The first kappa shape index (κ1) is 15.5. The molecule has 1 saturated carbocycles. The van der Waals surface area contributed by atoms with Gasteiger partial charge in [0.1, 0.15) is 5.82 Å². The maximum Gasteiger partial charge on any atom is 0.416 e. The molecular formula is C14H17F4NS. The Morgan fingerprint density at radius 2 is 1.90 bits per heavy atom. The van der Waals surface area contributed by atoms with Gasteiger partial charge in [0.25, 0.3) is 0 Å². The van der Waals surface area contributed by atoms with Crippen molar-refractivity contribution in [2.75, 3.05) is 18.1 Å². The zero-order valence-electron chi connectivity index (χ0n) is 11.2. The summed E-state index contributed by atoms with van der Waals surface area (Å²) in [6, 6.07) is 2.62. The predicted molar refractivity (Wildman–Crippen MR) is 74.6 cm³/mol. The van der Waals surface area contributed by atoms with Gasteiger partial charge in [-0.15, -0.1) is 0 Å². The average molecular weight is 307 g/mol. The smallest absolute Gasteiger partial charge is 0.381 e. The molecule has 1 aromatic carbocycles. The summed E-state index contributed by atoms with van der Waals surface area (Å²) in [5, 5.41) is 2.96. The van der Waals surface area contributed by atoms with Gasteiger partial charge in [-0.1, -0.05) is 12.8 Å². The Bertz CT molecular complexity index is 467. The van der Waals surface area contributed by atoms with E-state index in [0.29, 0.717) is 12.6 Å². The first-order chi connectivity index (χ1) is 9.36. The standard InChI is InChI=1S/C14H17F4NS/c1-20-13(6-2-3-7-13)9-19-12-5-4-10(8-11(12)15)14(16,17)18/h4-5,8,19H,2-3,6-7,9H2,1H3. The molecule has 2 rings (SSSR count). The molecule has 112 valence electrons. The largest absolute Gasteiger partial charge is 0.416 e. The number of alkyl halides is 3. The molecule has 20 heavy (non-hydrogen) atoms. The fourth-order valence-electron chi connectivity index (χ4n) is 2.56. The van der Waals surface area contributed by atoms with E-state index in [-0.39, 0.29) is 10.4 Å². The van der Waals surface area contributed by atoms with Crippen molar-refractivity contribution in [3.05, 3.63) is 29.6 Å². The summed E-state index contributed by atoms with van der Waals surface area (Å²) < 4.78 is 51.2. The molecule has 1 nitrogen and oxygen atoms in total. The molecule has 1 fully saturated rings. The third-order valence-corrected chi connectivity index (χ3v) is 5.26. The molecule has 6 heteroatoms. The third-order valence-electron chi connectivity index (χ3n) is 3.85. The van der Waals surface area contributed by atoms with E-state index in [4.69, 9.17) is 0 Å². The Morgan fingerprint density at radius 3 is 2.40 bits per heavy atom. The van der Waals surface area contributed by atoms with Gasteiger partial charge in [0.15, 0.2) is 0 Å². The fourth-order valence-corrected chi connectivity index (χ4v) is 3.48. The molecule has 0 aromatic heterocycles. The van der Waals surface area contributed by atoms with Crippen molar-refractivity contribution in [2.24, 2.45) is 0 Å². The summed E-state index contributed by atoms with van der Waals surface area (Å²) in [6.07, 6.45) is 1.93. The van der Waals surface area contributed by atoms with Crippen LogP contribution in [0.25, 0.3) is 0 Å². The van der Waals surface area contributed by atoms with Crippen molar-refractivity contribution >= 4 is 17.4 Å². The molecular weight excluding hydrogens is 290 g/mol. The van der Waals surface area contributed by atoms with Crippen LogP contribution in [-0.4, -0.2) is 17.5 Å².